The SMILES string of the molecule is C=CCn1cc(C(=O)N2CCCC2(Cc2ccccc2)C(=O)O)nn1. The molecule has 1 saturated heterocycles. The van der Waals surface area contributed by atoms with Crippen molar-refractivity contribution in [3.8, 4) is 0 Å². The summed E-state index contributed by atoms with van der Waals surface area (Å²) in [6.07, 6.45) is 4.51. The average molecular weight is 340 g/mol. The largest absolute Gasteiger partial charge is 0.479 e. The van der Waals surface area contributed by atoms with Crippen LogP contribution in [0.2, 0.25) is 0 Å². The van der Waals surface area contributed by atoms with E-state index in [9.17, 15) is 14.7 Å². The highest BCUT2D eigenvalue weighted by atomic mass is 16.4. The molecule has 2 heterocycles. The Balaban J connectivity index is 1.90. The predicted octanol–water partition coefficient (Wildman–Crippen LogP) is 1.77. The van der Waals surface area contributed by atoms with E-state index in [0.717, 1.165) is 5.56 Å². The number of nitrogens with zero attached hydrogens (tertiary/aromatic N) is 4. The van der Waals surface area contributed by atoms with Crippen LogP contribution in [0.4, 0.5) is 0 Å². The number of carboxylic acid groups (broad SMARTS) is 1. The van der Waals surface area contributed by atoms with Gasteiger partial charge < -0.3 is 10.0 Å². The molecule has 1 amide bonds. The number of hydrogen-bond acceptors (Lipinski definition) is 4. The molecule has 0 radical (unpaired) electrons. The summed E-state index contributed by atoms with van der Waals surface area (Å²) in [6, 6.07) is 9.38. The van der Waals surface area contributed by atoms with E-state index in [1.165, 1.54) is 15.8 Å². The van der Waals surface area contributed by atoms with Crippen LogP contribution in [-0.4, -0.2) is 49.0 Å². The first-order valence-corrected chi connectivity index (χ1v) is 8.17. The Morgan fingerprint density at radius 3 is 2.76 bits per heavy atom. The Morgan fingerprint density at radius 1 is 1.32 bits per heavy atom. The van der Waals surface area contributed by atoms with Gasteiger partial charge in [-0.15, -0.1) is 11.7 Å². The van der Waals surface area contributed by atoms with Gasteiger partial charge in [0, 0.05) is 13.0 Å². The summed E-state index contributed by atoms with van der Waals surface area (Å²) in [4.78, 5) is 26.5. The minimum absolute atomic E-state index is 0.155. The molecule has 1 aliphatic heterocycles. The van der Waals surface area contributed by atoms with Gasteiger partial charge in [0.05, 0.1) is 12.7 Å². The number of hydrogen-bond donors (Lipinski definition) is 1. The molecule has 130 valence electrons. The second-order valence-corrected chi connectivity index (χ2v) is 6.17. The smallest absolute Gasteiger partial charge is 0.329 e. The summed E-state index contributed by atoms with van der Waals surface area (Å²) in [6.45, 7) is 4.45. The number of carbonyl (C=O) groups excluding carboxylic acids is 1. The van der Waals surface area contributed by atoms with Gasteiger partial charge in [0.25, 0.3) is 5.91 Å². The van der Waals surface area contributed by atoms with Crippen molar-refractivity contribution in [2.24, 2.45) is 0 Å². The zero-order valence-electron chi connectivity index (χ0n) is 13.8. The first kappa shape index (κ1) is 16.9. The topological polar surface area (TPSA) is 88.3 Å². The summed E-state index contributed by atoms with van der Waals surface area (Å²) in [5.74, 6) is -1.38. The number of rotatable bonds is 6. The molecule has 0 bridgehead atoms. The molecule has 0 aliphatic carbocycles. The minimum atomic E-state index is -1.25. The molecule has 0 saturated carbocycles. The van der Waals surface area contributed by atoms with E-state index >= 15 is 0 Å². The van der Waals surface area contributed by atoms with Crippen molar-refractivity contribution in [1.29, 1.82) is 0 Å². The molecule has 1 aromatic heterocycles. The second kappa shape index (κ2) is 6.88. The normalized spacial score (nSPS) is 19.8. The molecule has 1 N–H and O–H groups in total. The Morgan fingerprint density at radius 2 is 2.08 bits per heavy atom. The van der Waals surface area contributed by atoms with E-state index in [1.807, 2.05) is 30.3 Å². The quantitative estimate of drug-likeness (QED) is 0.810. The maximum Gasteiger partial charge on any atom is 0.329 e. The van der Waals surface area contributed by atoms with Crippen molar-refractivity contribution >= 4 is 11.9 Å². The molecule has 25 heavy (non-hydrogen) atoms. The highest BCUT2D eigenvalue weighted by Crippen LogP contribution is 2.34. The van der Waals surface area contributed by atoms with Crippen molar-refractivity contribution in [3.05, 3.63) is 60.4 Å². The van der Waals surface area contributed by atoms with E-state index in [0.29, 0.717) is 25.9 Å². The fraction of sp³-hybridized carbons (Fsp3) is 0.333. The van der Waals surface area contributed by atoms with Crippen LogP contribution >= 0.6 is 0 Å². The summed E-state index contributed by atoms with van der Waals surface area (Å²) in [5.41, 5.74) is -0.206. The van der Waals surface area contributed by atoms with Gasteiger partial charge >= 0.3 is 5.97 Å². The standard InChI is InChI=1S/C18H20N4O3/c1-2-10-21-13-15(19-20-21)16(23)22-11-6-9-18(22,17(24)25)12-14-7-4-3-5-8-14/h2-5,7-8,13H,1,6,9-12H2,(H,24,25). The fourth-order valence-corrected chi connectivity index (χ4v) is 3.35. The molecular weight excluding hydrogens is 320 g/mol. The molecule has 7 nitrogen and oxygen atoms in total. The number of allylic oxidation sites excluding steroid dienone is 1. The first-order valence-electron chi connectivity index (χ1n) is 8.17. The second-order valence-electron chi connectivity index (χ2n) is 6.17. The zero-order chi connectivity index (χ0) is 17.9. The zero-order valence-corrected chi connectivity index (χ0v) is 13.8. The summed E-state index contributed by atoms with van der Waals surface area (Å²) in [5, 5.41) is 17.7. The highest BCUT2D eigenvalue weighted by molar-refractivity contribution is 5.96. The maximum atomic E-state index is 12.9. The first-order chi connectivity index (χ1) is 12.1. The Kier molecular flexibility index (Phi) is 4.65. The van der Waals surface area contributed by atoms with Gasteiger partial charge in [-0.05, 0) is 18.4 Å². The molecule has 1 fully saturated rings. The summed E-state index contributed by atoms with van der Waals surface area (Å²) in [7, 11) is 0. The highest BCUT2D eigenvalue weighted by Gasteiger charge is 2.50. The molecule has 1 aliphatic rings. The molecule has 2 aromatic rings. The van der Waals surface area contributed by atoms with E-state index in [-0.39, 0.29) is 12.1 Å². The van der Waals surface area contributed by atoms with Gasteiger partial charge in [-0.1, -0.05) is 41.6 Å². The van der Waals surface area contributed by atoms with E-state index in [1.54, 1.807) is 6.08 Å². The van der Waals surface area contributed by atoms with Crippen LogP contribution in [0.25, 0.3) is 0 Å². The van der Waals surface area contributed by atoms with Crippen molar-refractivity contribution in [2.75, 3.05) is 6.54 Å². The minimum Gasteiger partial charge on any atom is -0.479 e. The predicted molar refractivity (Wildman–Crippen MR) is 91.0 cm³/mol. The molecule has 3 rings (SSSR count). The van der Waals surface area contributed by atoms with Gasteiger partial charge in [-0.25, -0.2) is 9.48 Å². The van der Waals surface area contributed by atoms with Crippen molar-refractivity contribution in [3.63, 3.8) is 0 Å². The lowest BCUT2D eigenvalue weighted by Crippen LogP contribution is -2.54. The molecule has 7 heteroatoms. The van der Waals surface area contributed by atoms with Crippen LogP contribution in [0.3, 0.4) is 0 Å². The number of benzene rings is 1. The monoisotopic (exact) mass is 340 g/mol. The number of aromatic nitrogens is 3. The summed E-state index contributed by atoms with van der Waals surface area (Å²) < 4.78 is 1.50. The Bertz CT molecular complexity index is 787. The third-order valence-corrected chi connectivity index (χ3v) is 4.55. The number of likely N-dealkylation sites (tertiary alicyclic amines) is 1. The van der Waals surface area contributed by atoms with E-state index in [2.05, 4.69) is 16.9 Å². The van der Waals surface area contributed by atoms with Crippen molar-refractivity contribution < 1.29 is 14.7 Å². The third-order valence-electron chi connectivity index (χ3n) is 4.55. The van der Waals surface area contributed by atoms with Crippen LogP contribution in [0.15, 0.2) is 49.2 Å². The Hall–Kier alpha value is -2.96. The lowest BCUT2D eigenvalue weighted by atomic mass is 9.88. The molecule has 1 aromatic carbocycles. The number of carbonyl (C=O) groups is 2. The summed E-state index contributed by atoms with van der Waals surface area (Å²) >= 11 is 0. The van der Waals surface area contributed by atoms with Gasteiger partial charge in [0.1, 0.15) is 5.54 Å². The van der Waals surface area contributed by atoms with Crippen LogP contribution in [0, 0.1) is 0 Å². The van der Waals surface area contributed by atoms with Crippen LogP contribution in [0.1, 0.15) is 28.9 Å². The fourth-order valence-electron chi connectivity index (χ4n) is 3.35. The average Bonchev–Trinajstić information content (AvgIpc) is 3.23. The van der Waals surface area contributed by atoms with Crippen molar-refractivity contribution in [2.45, 2.75) is 31.3 Å². The number of amides is 1. The van der Waals surface area contributed by atoms with E-state index in [4.69, 9.17) is 0 Å². The number of carboxylic acids is 1. The van der Waals surface area contributed by atoms with Gasteiger partial charge in [0.2, 0.25) is 0 Å². The van der Waals surface area contributed by atoms with Gasteiger partial charge in [-0.2, -0.15) is 0 Å². The van der Waals surface area contributed by atoms with Gasteiger partial charge in [-0.3, -0.25) is 4.79 Å². The molecule has 1 atom stereocenters. The molecule has 1 unspecified atom stereocenters. The third kappa shape index (κ3) is 3.17. The molecule has 0 spiro atoms. The van der Waals surface area contributed by atoms with Crippen molar-refractivity contribution in [1.82, 2.24) is 19.9 Å². The maximum absolute atomic E-state index is 12.9. The Labute approximate surface area is 145 Å². The molecular formula is C18H20N4O3. The number of aliphatic carboxylic acids is 1. The lowest BCUT2D eigenvalue weighted by Gasteiger charge is -2.34. The van der Waals surface area contributed by atoms with Crippen LogP contribution in [-0.2, 0) is 17.8 Å². The van der Waals surface area contributed by atoms with Gasteiger partial charge in [0.15, 0.2) is 5.69 Å². The van der Waals surface area contributed by atoms with Crippen LogP contribution < -0.4 is 0 Å². The van der Waals surface area contributed by atoms with Crippen LogP contribution in [0.5, 0.6) is 0 Å². The van der Waals surface area contributed by atoms with E-state index < -0.39 is 17.4 Å². The lowest BCUT2D eigenvalue weighted by molar-refractivity contribution is -0.148.